The van der Waals surface area contributed by atoms with Crippen LogP contribution in [-0.4, -0.2) is 40.6 Å². The average Bonchev–Trinajstić information content (AvgIpc) is 2.96. The molecular formula is C15H21N3O3S. The third-order valence-corrected chi connectivity index (χ3v) is 4.70. The van der Waals surface area contributed by atoms with Crippen LogP contribution in [-0.2, 0) is 15.6 Å². The molecule has 6 nitrogen and oxygen atoms in total. The number of nitrogens with one attached hydrogen (secondary N) is 2. The van der Waals surface area contributed by atoms with Gasteiger partial charge in [-0.25, -0.2) is 0 Å². The number of carboxylic acid groups (broad SMARTS) is 1. The molecule has 1 saturated carbocycles. The first-order chi connectivity index (χ1) is 10.6. The number of aliphatic carboxylic acids is 1. The van der Waals surface area contributed by atoms with Gasteiger partial charge in [0.15, 0.2) is 0 Å². The van der Waals surface area contributed by atoms with E-state index in [0.717, 1.165) is 23.4 Å². The molecule has 1 aliphatic carbocycles. The molecule has 120 valence electrons. The largest absolute Gasteiger partial charge is 0.481 e. The second kappa shape index (κ2) is 8.05. The number of aliphatic imine (C=N–C) groups is 1. The Morgan fingerprint density at radius 2 is 2.14 bits per heavy atom. The van der Waals surface area contributed by atoms with E-state index in [1.807, 2.05) is 24.3 Å². The van der Waals surface area contributed by atoms with Crippen molar-refractivity contribution in [3.05, 3.63) is 24.3 Å². The highest BCUT2D eigenvalue weighted by Crippen LogP contribution is 2.25. The van der Waals surface area contributed by atoms with Crippen molar-refractivity contribution in [3.8, 4) is 0 Å². The summed E-state index contributed by atoms with van der Waals surface area (Å²) < 4.78 is 11.3. The highest BCUT2D eigenvalue weighted by atomic mass is 32.2. The summed E-state index contributed by atoms with van der Waals surface area (Å²) in [6.45, 7) is 0.459. The van der Waals surface area contributed by atoms with E-state index in [9.17, 15) is 9.00 Å². The minimum absolute atomic E-state index is 0.220. The Morgan fingerprint density at radius 1 is 1.41 bits per heavy atom. The van der Waals surface area contributed by atoms with Gasteiger partial charge in [0.1, 0.15) is 0 Å². The van der Waals surface area contributed by atoms with Crippen LogP contribution in [0.25, 0.3) is 0 Å². The van der Waals surface area contributed by atoms with Gasteiger partial charge in [-0.15, -0.1) is 0 Å². The van der Waals surface area contributed by atoms with Gasteiger partial charge in [-0.3, -0.25) is 19.3 Å². The maximum atomic E-state index is 11.3. The summed E-state index contributed by atoms with van der Waals surface area (Å²) >= 11 is 0. The first-order valence-corrected chi connectivity index (χ1v) is 8.76. The molecule has 1 fully saturated rings. The maximum absolute atomic E-state index is 11.3. The smallest absolute Gasteiger partial charge is 0.306 e. The predicted molar refractivity (Wildman–Crippen MR) is 87.7 cm³/mol. The van der Waals surface area contributed by atoms with Crippen molar-refractivity contribution >= 4 is 28.8 Å². The van der Waals surface area contributed by atoms with Crippen molar-refractivity contribution in [2.75, 3.05) is 18.2 Å². The fraction of sp³-hybridized carbons (Fsp3) is 0.467. The summed E-state index contributed by atoms with van der Waals surface area (Å²) in [4.78, 5) is 15.9. The van der Waals surface area contributed by atoms with Crippen molar-refractivity contribution in [3.63, 3.8) is 0 Å². The first-order valence-electron chi connectivity index (χ1n) is 7.21. The van der Waals surface area contributed by atoms with Gasteiger partial charge in [-0.05, 0) is 43.5 Å². The molecule has 2 rings (SSSR count). The van der Waals surface area contributed by atoms with Gasteiger partial charge >= 0.3 is 5.97 Å². The summed E-state index contributed by atoms with van der Waals surface area (Å²) in [5.41, 5.74) is 0.879. The summed E-state index contributed by atoms with van der Waals surface area (Å²) in [7, 11) is -0.967. The molecule has 3 atom stereocenters. The lowest BCUT2D eigenvalue weighted by Crippen LogP contribution is -2.27. The van der Waals surface area contributed by atoms with Crippen molar-refractivity contribution in [2.24, 2.45) is 10.9 Å². The molecule has 0 saturated heterocycles. The van der Waals surface area contributed by atoms with Gasteiger partial charge in [-0.2, -0.15) is 0 Å². The number of anilines is 1. The quantitative estimate of drug-likeness (QED) is 0.524. The lowest BCUT2D eigenvalue weighted by molar-refractivity contribution is -0.141. The van der Waals surface area contributed by atoms with Crippen molar-refractivity contribution < 1.29 is 14.1 Å². The van der Waals surface area contributed by atoms with Crippen LogP contribution in [0.3, 0.4) is 0 Å². The molecular weight excluding hydrogens is 302 g/mol. The Labute approximate surface area is 132 Å². The van der Waals surface area contributed by atoms with E-state index in [-0.39, 0.29) is 12.0 Å². The zero-order chi connectivity index (χ0) is 15.9. The summed E-state index contributed by atoms with van der Waals surface area (Å²) in [6.07, 6.45) is 5.55. The van der Waals surface area contributed by atoms with Crippen molar-refractivity contribution in [1.29, 1.82) is 0 Å². The van der Waals surface area contributed by atoms with Gasteiger partial charge in [-0.1, -0.05) is 0 Å². The number of nitrogens with zero attached hydrogens (tertiary/aromatic N) is 1. The molecule has 1 aliphatic rings. The first kappa shape index (κ1) is 16.6. The minimum Gasteiger partial charge on any atom is -0.481 e. The van der Waals surface area contributed by atoms with Crippen LogP contribution < -0.4 is 10.6 Å². The number of rotatable bonds is 7. The number of carboxylic acids is 1. The number of hydrogen-bond donors (Lipinski definition) is 3. The van der Waals surface area contributed by atoms with Gasteiger partial charge in [0.2, 0.25) is 0 Å². The maximum Gasteiger partial charge on any atom is 0.306 e. The molecule has 3 N–H and O–H groups in total. The number of carbonyl (C=O) groups is 1. The van der Waals surface area contributed by atoms with E-state index in [2.05, 4.69) is 15.6 Å². The second-order valence-corrected chi connectivity index (χ2v) is 6.72. The van der Waals surface area contributed by atoms with E-state index in [1.165, 1.54) is 0 Å². The lowest BCUT2D eigenvalue weighted by Gasteiger charge is -2.09. The fourth-order valence-corrected chi connectivity index (χ4v) is 3.00. The molecule has 0 radical (unpaired) electrons. The Hall–Kier alpha value is -1.73. The lowest BCUT2D eigenvalue weighted by atomic mass is 10.1. The van der Waals surface area contributed by atoms with Crippen LogP contribution in [0.15, 0.2) is 34.2 Å². The van der Waals surface area contributed by atoms with Crippen LogP contribution in [0.1, 0.15) is 19.3 Å². The molecule has 0 heterocycles. The molecule has 1 aromatic carbocycles. The Balaban J connectivity index is 1.68. The second-order valence-electron chi connectivity index (χ2n) is 5.34. The highest BCUT2D eigenvalue weighted by molar-refractivity contribution is 7.84. The van der Waals surface area contributed by atoms with Crippen LogP contribution in [0.2, 0.25) is 0 Å². The molecule has 7 heteroatoms. The van der Waals surface area contributed by atoms with E-state index >= 15 is 0 Å². The predicted octanol–water partition coefficient (Wildman–Crippen LogP) is 1.66. The molecule has 0 aromatic heterocycles. The van der Waals surface area contributed by atoms with Gasteiger partial charge in [0.25, 0.3) is 0 Å². The normalized spacial score (nSPS) is 22.8. The van der Waals surface area contributed by atoms with Gasteiger partial charge < -0.3 is 10.4 Å². The standard InChI is InChI=1S/C15H21N3O3S/c1-22(21)14-6-4-12(5-7-14)17-9-16-10-18-13-3-2-11(8-13)15(19)20/h4-7,9,11,13,18H,2-3,8,10H2,1H3,(H,16,17)(H,19,20)/t11-,13-,22?/m1/s1. The van der Waals surface area contributed by atoms with Gasteiger partial charge in [0, 0.05) is 33.7 Å². The molecule has 22 heavy (non-hydrogen) atoms. The van der Waals surface area contributed by atoms with Crippen LogP contribution in [0.5, 0.6) is 0 Å². The topological polar surface area (TPSA) is 90.8 Å². The molecule has 0 bridgehead atoms. The molecule has 0 spiro atoms. The van der Waals surface area contributed by atoms with Gasteiger partial charge in [0.05, 0.1) is 18.9 Å². The Morgan fingerprint density at radius 3 is 2.73 bits per heavy atom. The summed E-state index contributed by atoms with van der Waals surface area (Å²) in [5.74, 6) is -0.923. The van der Waals surface area contributed by atoms with E-state index in [4.69, 9.17) is 5.11 Å². The minimum atomic E-state index is -0.967. The number of hydrogen-bond acceptors (Lipinski definition) is 4. The monoisotopic (exact) mass is 323 g/mol. The van der Waals surface area contributed by atoms with E-state index in [0.29, 0.717) is 13.1 Å². The zero-order valence-corrected chi connectivity index (χ0v) is 13.3. The SMILES string of the molecule is CS(=O)c1ccc(N/C=N/CN[C@@H]2CC[C@@H](C(=O)O)C2)cc1. The molecule has 1 aromatic rings. The van der Waals surface area contributed by atoms with Crippen molar-refractivity contribution in [1.82, 2.24) is 5.32 Å². The molecule has 1 unspecified atom stereocenters. The third-order valence-electron chi connectivity index (χ3n) is 3.76. The fourth-order valence-electron chi connectivity index (χ4n) is 2.48. The van der Waals surface area contributed by atoms with Crippen LogP contribution >= 0.6 is 0 Å². The molecule has 0 aliphatic heterocycles. The van der Waals surface area contributed by atoms with E-state index in [1.54, 1.807) is 12.6 Å². The summed E-state index contributed by atoms with van der Waals surface area (Å²) in [6, 6.07) is 7.57. The summed E-state index contributed by atoms with van der Waals surface area (Å²) in [5, 5.41) is 15.2. The number of benzene rings is 1. The third kappa shape index (κ3) is 4.92. The van der Waals surface area contributed by atoms with Crippen molar-refractivity contribution in [2.45, 2.75) is 30.2 Å². The highest BCUT2D eigenvalue weighted by Gasteiger charge is 2.28. The Kier molecular flexibility index (Phi) is 6.09. The molecule has 0 amide bonds. The zero-order valence-electron chi connectivity index (χ0n) is 12.5. The van der Waals surface area contributed by atoms with Crippen LogP contribution in [0, 0.1) is 5.92 Å². The average molecular weight is 323 g/mol. The Bertz CT molecular complexity index is 560. The van der Waals surface area contributed by atoms with E-state index < -0.39 is 16.8 Å². The van der Waals surface area contributed by atoms with Crippen LogP contribution in [0.4, 0.5) is 5.69 Å².